The zero-order valence-corrected chi connectivity index (χ0v) is 12.1. The first-order chi connectivity index (χ1) is 10.0. The van der Waals surface area contributed by atoms with Crippen molar-refractivity contribution in [1.82, 2.24) is 5.32 Å². The molecule has 1 saturated carbocycles. The van der Waals surface area contributed by atoms with Crippen LogP contribution in [0.4, 0.5) is 8.78 Å². The quantitative estimate of drug-likeness (QED) is 0.874. The molecule has 3 nitrogen and oxygen atoms in total. The fraction of sp³-hybridized carbons (Fsp3) is 0.562. The molecule has 1 aliphatic rings. The Kier molecular flexibility index (Phi) is 5.28. The van der Waals surface area contributed by atoms with Gasteiger partial charge in [0.2, 0.25) is 0 Å². The summed E-state index contributed by atoms with van der Waals surface area (Å²) < 4.78 is 27.4. The molecule has 2 rings (SSSR count). The molecule has 116 valence electrons. The van der Waals surface area contributed by atoms with Crippen molar-refractivity contribution in [2.24, 2.45) is 11.8 Å². The minimum Gasteiger partial charge on any atom is -0.481 e. The first-order valence-electron chi connectivity index (χ1n) is 7.40. The SMILES string of the molecule is CC(NCC1CCCCC1C(=O)O)c1c(F)cccc1F. The summed E-state index contributed by atoms with van der Waals surface area (Å²) in [4.78, 5) is 11.2. The smallest absolute Gasteiger partial charge is 0.306 e. The van der Waals surface area contributed by atoms with Crippen LogP contribution in [0.15, 0.2) is 18.2 Å². The van der Waals surface area contributed by atoms with Gasteiger partial charge in [0.15, 0.2) is 0 Å². The Hall–Kier alpha value is -1.49. The summed E-state index contributed by atoms with van der Waals surface area (Å²) in [5.41, 5.74) is 0.0141. The first kappa shape index (κ1) is 15.9. The Morgan fingerprint density at radius 1 is 1.33 bits per heavy atom. The number of carbonyl (C=O) groups is 1. The van der Waals surface area contributed by atoms with Gasteiger partial charge >= 0.3 is 5.97 Å². The minimum absolute atomic E-state index is 0.0141. The maximum atomic E-state index is 13.7. The van der Waals surface area contributed by atoms with Gasteiger partial charge in [0.1, 0.15) is 11.6 Å². The van der Waals surface area contributed by atoms with Gasteiger partial charge in [0.25, 0.3) is 0 Å². The monoisotopic (exact) mass is 297 g/mol. The van der Waals surface area contributed by atoms with Crippen molar-refractivity contribution >= 4 is 5.97 Å². The van der Waals surface area contributed by atoms with Gasteiger partial charge in [-0.25, -0.2) is 8.78 Å². The van der Waals surface area contributed by atoms with Gasteiger partial charge in [-0.15, -0.1) is 0 Å². The van der Waals surface area contributed by atoms with Gasteiger partial charge in [-0.1, -0.05) is 18.9 Å². The fourth-order valence-electron chi connectivity index (χ4n) is 3.13. The highest BCUT2D eigenvalue weighted by atomic mass is 19.1. The molecule has 5 heteroatoms. The summed E-state index contributed by atoms with van der Waals surface area (Å²) in [5, 5.41) is 12.3. The van der Waals surface area contributed by atoms with Gasteiger partial charge in [0.05, 0.1) is 5.92 Å². The van der Waals surface area contributed by atoms with Crippen LogP contribution in [0.1, 0.15) is 44.2 Å². The molecule has 3 atom stereocenters. The maximum Gasteiger partial charge on any atom is 0.306 e. The van der Waals surface area contributed by atoms with Crippen LogP contribution < -0.4 is 5.32 Å². The van der Waals surface area contributed by atoms with E-state index in [1.807, 2.05) is 0 Å². The lowest BCUT2D eigenvalue weighted by atomic mass is 9.79. The fourth-order valence-corrected chi connectivity index (χ4v) is 3.13. The molecule has 0 amide bonds. The van der Waals surface area contributed by atoms with E-state index in [2.05, 4.69) is 5.32 Å². The van der Waals surface area contributed by atoms with Gasteiger partial charge in [-0.2, -0.15) is 0 Å². The molecule has 0 heterocycles. The summed E-state index contributed by atoms with van der Waals surface area (Å²) in [6.07, 6.45) is 3.48. The molecule has 1 fully saturated rings. The second-order valence-electron chi connectivity index (χ2n) is 5.75. The van der Waals surface area contributed by atoms with Gasteiger partial charge in [0, 0.05) is 11.6 Å². The maximum absolute atomic E-state index is 13.7. The number of aliphatic carboxylic acids is 1. The number of hydrogen-bond donors (Lipinski definition) is 2. The molecule has 1 aromatic rings. The van der Waals surface area contributed by atoms with E-state index >= 15 is 0 Å². The molecule has 1 aliphatic carbocycles. The van der Waals surface area contributed by atoms with Crippen molar-refractivity contribution < 1.29 is 18.7 Å². The highest BCUT2D eigenvalue weighted by Gasteiger charge is 2.31. The number of carboxylic acid groups (broad SMARTS) is 1. The van der Waals surface area contributed by atoms with E-state index in [1.54, 1.807) is 6.92 Å². The van der Waals surface area contributed by atoms with Crippen LogP contribution in [0, 0.1) is 23.5 Å². The van der Waals surface area contributed by atoms with Crippen molar-refractivity contribution in [2.75, 3.05) is 6.54 Å². The van der Waals surface area contributed by atoms with Crippen LogP contribution in [-0.4, -0.2) is 17.6 Å². The van der Waals surface area contributed by atoms with Crippen LogP contribution in [0.2, 0.25) is 0 Å². The molecule has 2 N–H and O–H groups in total. The zero-order chi connectivity index (χ0) is 15.4. The summed E-state index contributed by atoms with van der Waals surface area (Å²) in [7, 11) is 0. The van der Waals surface area contributed by atoms with Gasteiger partial charge in [-0.3, -0.25) is 4.79 Å². The third-order valence-corrected chi connectivity index (χ3v) is 4.35. The summed E-state index contributed by atoms with van der Waals surface area (Å²) >= 11 is 0. The van der Waals surface area contributed by atoms with E-state index in [1.165, 1.54) is 18.2 Å². The zero-order valence-electron chi connectivity index (χ0n) is 12.1. The van der Waals surface area contributed by atoms with Crippen LogP contribution in [-0.2, 0) is 4.79 Å². The largest absolute Gasteiger partial charge is 0.481 e. The number of carboxylic acids is 1. The lowest BCUT2D eigenvalue weighted by Crippen LogP contribution is -2.36. The Balaban J connectivity index is 2.00. The third kappa shape index (κ3) is 3.79. The predicted octanol–water partition coefficient (Wildman–Crippen LogP) is 3.51. The second-order valence-corrected chi connectivity index (χ2v) is 5.75. The van der Waals surface area contributed by atoms with E-state index in [0.29, 0.717) is 13.0 Å². The first-order valence-corrected chi connectivity index (χ1v) is 7.40. The second kappa shape index (κ2) is 6.98. The summed E-state index contributed by atoms with van der Waals surface area (Å²) in [6.45, 7) is 2.16. The van der Waals surface area contributed by atoms with Crippen LogP contribution in [0.25, 0.3) is 0 Å². The summed E-state index contributed by atoms with van der Waals surface area (Å²) in [5.74, 6) is -2.26. The molecule has 0 aliphatic heterocycles. The van der Waals surface area contributed by atoms with Crippen LogP contribution in [0.3, 0.4) is 0 Å². The van der Waals surface area contributed by atoms with Gasteiger partial charge < -0.3 is 10.4 Å². The molecule has 0 bridgehead atoms. The van der Waals surface area contributed by atoms with Crippen molar-refractivity contribution in [3.63, 3.8) is 0 Å². The van der Waals surface area contributed by atoms with Crippen LogP contribution >= 0.6 is 0 Å². The molecule has 1 aromatic carbocycles. The lowest BCUT2D eigenvalue weighted by molar-refractivity contribution is -0.144. The Labute approximate surface area is 123 Å². The average molecular weight is 297 g/mol. The van der Waals surface area contributed by atoms with E-state index in [9.17, 15) is 18.7 Å². The number of nitrogens with one attached hydrogen (secondary N) is 1. The van der Waals surface area contributed by atoms with E-state index < -0.39 is 23.6 Å². The van der Waals surface area contributed by atoms with E-state index in [0.717, 1.165) is 19.3 Å². The number of halogens is 2. The van der Waals surface area contributed by atoms with Crippen molar-refractivity contribution in [2.45, 2.75) is 38.6 Å². The molecule has 21 heavy (non-hydrogen) atoms. The molecule has 0 aromatic heterocycles. The molecule has 3 unspecified atom stereocenters. The average Bonchev–Trinajstić information content (AvgIpc) is 2.45. The van der Waals surface area contributed by atoms with Crippen molar-refractivity contribution in [1.29, 1.82) is 0 Å². The highest BCUT2D eigenvalue weighted by Crippen LogP contribution is 2.30. The van der Waals surface area contributed by atoms with Crippen molar-refractivity contribution in [3.05, 3.63) is 35.4 Å². The van der Waals surface area contributed by atoms with Crippen molar-refractivity contribution in [3.8, 4) is 0 Å². The minimum atomic E-state index is -0.772. The molecule has 0 saturated heterocycles. The normalized spacial score (nSPS) is 23.8. The number of benzene rings is 1. The topological polar surface area (TPSA) is 49.3 Å². The molecule has 0 spiro atoms. The molecular weight excluding hydrogens is 276 g/mol. The Bertz CT molecular complexity index is 487. The predicted molar refractivity (Wildman–Crippen MR) is 75.9 cm³/mol. The lowest BCUT2D eigenvalue weighted by Gasteiger charge is -2.30. The third-order valence-electron chi connectivity index (χ3n) is 4.35. The Morgan fingerprint density at radius 2 is 1.95 bits per heavy atom. The van der Waals surface area contributed by atoms with Gasteiger partial charge in [-0.05, 0) is 44.4 Å². The molecule has 0 radical (unpaired) electrons. The highest BCUT2D eigenvalue weighted by molar-refractivity contribution is 5.70. The number of hydrogen-bond acceptors (Lipinski definition) is 2. The summed E-state index contributed by atoms with van der Waals surface area (Å²) in [6, 6.07) is 3.32. The Morgan fingerprint density at radius 3 is 2.57 bits per heavy atom. The number of rotatable bonds is 5. The standard InChI is InChI=1S/C16H21F2NO2/c1-10(15-13(17)7-4-8-14(15)18)19-9-11-5-2-3-6-12(11)16(20)21/h4,7-8,10-12,19H,2-3,5-6,9H2,1H3,(H,20,21). The van der Waals surface area contributed by atoms with E-state index in [4.69, 9.17) is 0 Å². The molecular formula is C16H21F2NO2. The van der Waals surface area contributed by atoms with Crippen LogP contribution in [0.5, 0.6) is 0 Å². The van der Waals surface area contributed by atoms with E-state index in [-0.39, 0.29) is 17.4 Å².